The summed E-state index contributed by atoms with van der Waals surface area (Å²) in [6.07, 6.45) is -0.204. The molecule has 3 rings (SSSR count). The van der Waals surface area contributed by atoms with Crippen LogP contribution in [0.5, 0.6) is 0 Å². The molecular formula is C16H19F3N4. The molecule has 1 aliphatic carbocycles. The second kappa shape index (κ2) is 6.36. The Bertz CT molecular complexity index is 582. The van der Waals surface area contributed by atoms with Crippen molar-refractivity contribution in [2.24, 2.45) is 5.92 Å². The highest BCUT2D eigenvalue weighted by molar-refractivity contribution is 5.43. The molecule has 124 valence electrons. The molecule has 1 N–H and O–H groups in total. The summed E-state index contributed by atoms with van der Waals surface area (Å²) < 4.78 is 38.0. The molecular weight excluding hydrogens is 305 g/mol. The predicted octanol–water partition coefficient (Wildman–Crippen LogP) is 3.17. The SMILES string of the molecule is N#Cc1ccnc(NC2CC(N3CCC(C(F)(F)F)CC3)C2)c1. The van der Waals surface area contributed by atoms with E-state index in [1.807, 2.05) is 0 Å². The smallest absolute Gasteiger partial charge is 0.367 e. The van der Waals surface area contributed by atoms with E-state index in [9.17, 15) is 13.2 Å². The molecule has 1 aliphatic heterocycles. The number of anilines is 1. The number of rotatable bonds is 3. The molecule has 0 atom stereocenters. The van der Waals surface area contributed by atoms with E-state index in [4.69, 9.17) is 5.26 Å². The number of aromatic nitrogens is 1. The zero-order valence-electron chi connectivity index (χ0n) is 12.7. The Balaban J connectivity index is 1.44. The first kappa shape index (κ1) is 16.1. The molecule has 23 heavy (non-hydrogen) atoms. The lowest BCUT2D eigenvalue weighted by Crippen LogP contribution is -2.53. The molecule has 0 spiro atoms. The molecule has 0 amide bonds. The van der Waals surface area contributed by atoms with Gasteiger partial charge in [0.2, 0.25) is 0 Å². The fourth-order valence-electron chi connectivity index (χ4n) is 3.38. The van der Waals surface area contributed by atoms with Gasteiger partial charge in [0.1, 0.15) is 5.82 Å². The molecule has 4 nitrogen and oxygen atoms in total. The number of piperidine rings is 1. The highest BCUT2D eigenvalue weighted by atomic mass is 19.4. The maximum Gasteiger partial charge on any atom is 0.391 e. The van der Waals surface area contributed by atoms with Crippen molar-refractivity contribution in [1.82, 2.24) is 9.88 Å². The Morgan fingerprint density at radius 3 is 2.57 bits per heavy atom. The zero-order chi connectivity index (χ0) is 16.4. The number of likely N-dealkylation sites (tertiary alicyclic amines) is 1. The molecule has 0 radical (unpaired) electrons. The second-order valence-electron chi connectivity index (χ2n) is 6.36. The van der Waals surface area contributed by atoms with Crippen LogP contribution in [0, 0.1) is 17.2 Å². The quantitative estimate of drug-likeness (QED) is 0.928. The van der Waals surface area contributed by atoms with E-state index < -0.39 is 12.1 Å². The molecule has 2 aliphatic rings. The molecule has 1 saturated carbocycles. The van der Waals surface area contributed by atoms with Crippen LogP contribution >= 0.6 is 0 Å². The number of nitrogens with one attached hydrogen (secondary N) is 1. The Kier molecular flexibility index (Phi) is 4.44. The van der Waals surface area contributed by atoms with Crippen molar-refractivity contribution < 1.29 is 13.2 Å². The van der Waals surface area contributed by atoms with Gasteiger partial charge >= 0.3 is 6.18 Å². The number of nitriles is 1. The number of hydrogen-bond donors (Lipinski definition) is 1. The van der Waals surface area contributed by atoms with Gasteiger partial charge in [0, 0.05) is 18.3 Å². The molecule has 0 unspecified atom stereocenters. The van der Waals surface area contributed by atoms with E-state index in [0.717, 1.165) is 12.8 Å². The Labute approximate surface area is 133 Å². The van der Waals surface area contributed by atoms with Gasteiger partial charge in [-0.15, -0.1) is 0 Å². The van der Waals surface area contributed by atoms with Crippen molar-refractivity contribution in [1.29, 1.82) is 5.26 Å². The van der Waals surface area contributed by atoms with E-state index in [0.29, 0.717) is 30.5 Å². The van der Waals surface area contributed by atoms with Crippen molar-refractivity contribution in [2.45, 2.75) is 43.9 Å². The summed E-state index contributed by atoms with van der Waals surface area (Å²) in [6, 6.07) is 6.08. The van der Waals surface area contributed by atoms with Crippen LogP contribution in [0.2, 0.25) is 0 Å². The van der Waals surface area contributed by atoms with Crippen molar-refractivity contribution in [3.8, 4) is 6.07 Å². The standard InChI is InChI=1S/C16H19F3N4/c17-16(18,19)12-2-5-23(6-3-12)14-8-13(9-14)22-15-7-11(10-20)1-4-21-15/h1,4,7,12-14H,2-3,5-6,8-9H2,(H,21,22). The number of halogens is 3. The van der Waals surface area contributed by atoms with Gasteiger partial charge in [0.25, 0.3) is 0 Å². The minimum Gasteiger partial charge on any atom is -0.367 e. The summed E-state index contributed by atoms with van der Waals surface area (Å²) in [7, 11) is 0. The summed E-state index contributed by atoms with van der Waals surface area (Å²) in [4.78, 5) is 6.36. The molecule has 1 saturated heterocycles. The van der Waals surface area contributed by atoms with E-state index in [1.54, 1.807) is 18.3 Å². The predicted molar refractivity (Wildman–Crippen MR) is 79.7 cm³/mol. The molecule has 2 heterocycles. The first-order valence-electron chi connectivity index (χ1n) is 7.89. The number of hydrogen-bond acceptors (Lipinski definition) is 4. The van der Waals surface area contributed by atoms with Crippen LogP contribution < -0.4 is 5.32 Å². The normalized spacial score (nSPS) is 26.3. The zero-order valence-corrected chi connectivity index (χ0v) is 12.7. The van der Waals surface area contributed by atoms with Crippen LogP contribution in [-0.4, -0.2) is 41.2 Å². The van der Waals surface area contributed by atoms with Gasteiger partial charge in [-0.05, 0) is 50.9 Å². The van der Waals surface area contributed by atoms with Gasteiger partial charge in [0.05, 0.1) is 17.6 Å². The first-order valence-corrected chi connectivity index (χ1v) is 7.89. The summed E-state index contributed by atoms with van der Waals surface area (Å²) in [6.45, 7) is 1.06. The maximum atomic E-state index is 12.7. The van der Waals surface area contributed by atoms with Gasteiger partial charge in [-0.1, -0.05) is 0 Å². The molecule has 2 fully saturated rings. The molecule has 7 heteroatoms. The lowest BCUT2D eigenvalue weighted by Gasteiger charge is -2.46. The van der Waals surface area contributed by atoms with Crippen LogP contribution in [-0.2, 0) is 0 Å². The summed E-state index contributed by atoms with van der Waals surface area (Å²) >= 11 is 0. The van der Waals surface area contributed by atoms with E-state index in [2.05, 4.69) is 21.3 Å². The van der Waals surface area contributed by atoms with Crippen LogP contribution in [0.25, 0.3) is 0 Å². The van der Waals surface area contributed by atoms with Gasteiger partial charge < -0.3 is 10.2 Å². The highest BCUT2D eigenvalue weighted by Gasteiger charge is 2.43. The van der Waals surface area contributed by atoms with E-state index in [1.165, 1.54) is 0 Å². The first-order chi connectivity index (χ1) is 11.0. The minimum atomic E-state index is -4.05. The van der Waals surface area contributed by atoms with Crippen LogP contribution in [0.4, 0.5) is 19.0 Å². The topological polar surface area (TPSA) is 52.0 Å². The average Bonchev–Trinajstić information content (AvgIpc) is 2.50. The van der Waals surface area contributed by atoms with E-state index in [-0.39, 0.29) is 18.9 Å². The third-order valence-electron chi connectivity index (χ3n) is 4.86. The maximum absolute atomic E-state index is 12.7. The fraction of sp³-hybridized carbons (Fsp3) is 0.625. The van der Waals surface area contributed by atoms with Gasteiger partial charge in [0.15, 0.2) is 0 Å². The second-order valence-corrected chi connectivity index (χ2v) is 6.36. The fourth-order valence-corrected chi connectivity index (χ4v) is 3.38. The van der Waals surface area contributed by atoms with Gasteiger partial charge in [-0.25, -0.2) is 4.98 Å². The largest absolute Gasteiger partial charge is 0.391 e. The van der Waals surface area contributed by atoms with Crippen molar-refractivity contribution in [2.75, 3.05) is 18.4 Å². The Morgan fingerprint density at radius 1 is 1.26 bits per heavy atom. The lowest BCUT2D eigenvalue weighted by molar-refractivity contribution is -0.187. The van der Waals surface area contributed by atoms with Gasteiger partial charge in [-0.2, -0.15) is 18.4 Å². The highest BCUT2D eigenvalue weighted by Crippen LogP contribution is 2.37. The van der Waals surface area contributed by atoms with Crippen molar-refractivity contribution in [3.63, 3.8) is 0 Å². The van der Waals surface area contributed by atoms with Crippen molar-refractivity contribution >= 4 is 5.82 Å². The molecule has 0 bridgehead atoms. The lowest BCUT2D eigenvalue weighted by atomic mass is 9.83. The Morgan fingerprint density at radius 2 is 1.96 bits per heavy atom. The van der Waals surface area contributed by atoms with Gasteiger partial charge in [-0.3, -0.25) is 0 Å². The summed E-state index contributed by atoms with van der Waals surface area (Å²) in [5, 5.41) is 12.2. The summed E-state index contributed by atoms with van der Waals surface area (Å²) in [5.74, 6) is -0.450. The molecule has 1 aromatic heterocycles. The summed E-state index contributed by atoms with van der Waals surface area (Å²) in [5.41, 5.74) is 0.563. The third-order valence-corrected chi connectivity index (χ3v) is 4.86. The number of pyridine rings is 1. The monoisotopic (exact) mass is 324 g/mol. The molecule has 0 aromatic carbocycles. The third kappa shape index (κ3) is 3.75. The number of alkyl halides is 3. The Hall–Kier alpha value is -1.81. The van der Waals surface area contributed by atoms with Crippen molar-refractivity contribution in [3.05, 3.63) is 23.9 Å². The number of nitrogens with zero attached hydrogens (tertiary/aromatic N) is 3. The minimum absolute atomic E-state index is 0.212. The van der Waals surface area contributed by atoms with E-state index >= 15 is 0 Å². The van der Waals surface area contributed by atoms with Crippen LogP contribution in [0.1, 0.15) is 31.2 Å². The average molecular weight is 324 g/mol. The molecule has 1 aromatic rings. The van der Waals surface area contributed by atoms with Crippen LogP contribution in [0.15, 0.2) is 18.3 Å². The van der Waals surface area contributed by atoms with Crippen LogP contribution in [0.3, 0.4) is 0 Å².